The number of carboxylic acid groups (broad SMARTS) is 1. The molecular weight excluding hydrogens is 472 g/mol. The molecule has 2 aromatic carbocycles. The number of aliphatic carboxylic acids is 1. The highest BCUT2D eigenvalue weighted by molar-refractivity contribution is 5.94. The molecule has 3 amide bonds. The predicted octanol–water partition coefficient (Wildman–Crippen LogP) is 1.65. The number of nitrogens with one attached hydrogen (secondary N) is 3. The number of hydrogen-bond donors (Lipinski definition) is 5. The van der Waals surface area contributed by atoms with Crippen molar-refractivity contribution < 1.29 is 24.3 Å². The molecule has 9 heteroatoms. The van der Waals surface area contributed by atoms with E-state index in [9.17, 15) is 24.3 Å². The molecule has 0 spiro atoms. The second-order valence-corrected chi connectivity index (χ2v) is 9.84. The molecule has 0 bridgehead atoms. The van der Waals surface area contributed by atoms with Crippen LogP contribution in [0.25, 0.3) is 0 Å². The number of rotatable bonds is 13. The van der Waals surface area contributed by atoms with Crippen LogP contribution < -0.4 is 21.7 Å². The van der Waals surface area contributed by atoms with E-state index in [-0.39, 0.29) is 24.7 Å². The topological polar surface area (TPSA) is 151 Å². The zero-order valence-corrected chi connectivity index (χ0v) is 21.8. The van der Waals surface area contributed by atoms with Gasteiger partial charge in [0.1, 0.15) is 18.1 Å². The molecule has 0 fully saturated rings. The Labute approximate surface area is 218 Å². The predicted molar refractivity (Wildman–Crippen MR) is 141 cm³/mol. The minimum Gasteiger partial charge on any atom is -0.480 e. The van der Waals surface area contributed by atoms with E-state index in [0.717, 1.165) is 11.1 Å². The SMILES string of the molecule is CC(C)C(N)C(=O)NC(Cc1ccccc1)C(=O)NC(C(=O)NC(Cc1ccccc1)C(=O)O)C(C)C. The summed E-state index contributed by atoms with van der Waals surface area (Å²) in [5, 5.41) is 17.7. The summed E-state index contributed by atoms with van der Waals surface area (Å²) in [6.45, 7) is 7.11. The van der Waals surface area contributed by atoms with E-state index in [1.165, 1.54) is 0 Å². The van der Waals surface area contributed by atoms with Gasteiger partial charge in [-0.1, -0.05) is 88.4 Å². The molecule has 4 unspecified atom stereocenters. The Bertz CT molecular complexity index is 1040. The molecule has 37 heavy (non-hydrogen) atoms. The summed E-state index contributed by atoms with van der Waals surface area (Å²) in [4.78, 5) is 51.0. The largest absolute Gasteiger partial charge is 0.480 e. The van der Waals surface area contributed by atoms with Crippen LogP contribution in [0.1, 0.15) is 38.8 Å². The molecule has 2 aromatic rings. The third-order valence-corrected chi connectivity index (χ3v) is 6.08. The van der Waals surface area contributed by atoms with Crippen molar-refractivity contribution in [3.05, 3.63) is 71.8 Å². The van der Waals surface area contributed by atoms with Gasteiger partial charge in [-0.05, 0) is 23.0 Å². The van der Waals surface area contributed by atoms with Crippen LogP contribution in [0.5, 0.6) is 0 Å². The highest BCUT2D eigenvalue weighted by atomic mass is 16.4. The van der Waals surface area contributed by atoms with Crippen LogP contribution in [0.15, 0.2) is 60.7 Å². The number of amides is 3. The van der Waals surface area contributed by atoms with Gasteiger partial charge < -0.3 is 26.8 Å². The highest BCUT2D eigenvalue weighted by Crippen LogP contribution is 2.10. The summed E-state index contributed by atoms with van der Waals surface area (Å²) in [5.41, 5.74) is 7.56. The van der Waals surface area contributed by atoms with Crippen molar-refractivity contribution in [1.82, 2.24) is 16.0 Å². The van der Waals surface area contributed by atoms with Crippen molar-refractivity contribution in [3.63, 3.8) is 0 Å². The van der Waals surface area contributed by atoms with Crippen molar-refractivity contribution in [2.45, 2.75) is 64.7 Å². The molecule has 0 saturated heterocycles. The third-order valence-electron chi connectivity index (χ3n) is 6.08. The Balaban J connectivity index is 2.19. The van der Waals surface area contributed by atoms with Gasteiger partial charge in [-0.25, -0.2) is 4.79 Å². The average Bonchev–Trinajstić information content (AvgIpc) is 2.86. The van der Waals surface area contributed by atoms with Crippen LogP contribution in [-0.4, -0.2) is 53.0 Å². The molecule has 0 aliphatic rings. The van der Waals surface area contributed by atoms with E-state index in [1.807, 2.05) is 50.2 Å². The minimum atomic E-state index is -1.18. The summed E-state index contributed by atoms with van der Waals surface area (Å²) in [7, 11) is 0. The van der Waals surface area contributed by atoms with Crippen molar-refractivity contribution in [2.24, 2.45) is 17.6 Å². The Kier molecular flexibility index (Phi) is 11.3. The van der Waals surface area contributed by atoms with Crippen LogP contribution in [0, 0.1) is 11.8 Å². The van der Waals surface area contributed by atoms with Crippen LogP contribution in [0.4, 0.5) is 0 Å². The molecule has 4 atom stereocenters. The van der Waals surface area contributed by atoms with Crippen molar-refractivity contribution in [2.75, 3.05) is 0 Å². The minimum absolute atomic E-state index is 0.0977. The lowest BCUT2D eigenvalue weighted by atomic mass is 9.99. The molecule has 0 saturated carbocycles. The number of carbonyl (C=O) groups excluding carboxylic acids is 3. The van der Waals surface area contributed by atoms with Gasteiger partial charge in [-0.2, -0.15) is 0 Å². The van der Waals surface area contributed by atoms with Crippen LogP contribution in [0.2, 0.25) is 0 Å². The molecule has 200 valence electrons. The Morgan fingerprint density at radius 2 is 1.14 bits per heavy atom. The fourth-order valence-corrected chi connectivity index (χ4v) is 3.73. The van der Waals surface area contributed by atoms with Crippen molar-refractivity contribution >= 4 is 23.7 Å². The summed E-state index contributed by atoms with van der Waals surface area (Å²) < 4.78 is 0. The molecular formula is C28H38N4O5. The van der Waals surface area contributed by atoms with Gasteiger partial charge in [0, 0.05) is 12.8 Å². The second kappa shape index (κ2) is 14.1. The maximum atomic E-state index is 13.3. The van der Waals surface area contributed by atoms with Gasteiger partial charge in [0.2, 0.25) is 17.7 Å². The van der Waals surface area contributed by atoms with E-state index in [0.29, 0.717) is 0 Å². The van der Waals surface area contributed by atoms with E-state index in [4.69, 9.17) is 5.73 Å². The van der Waals surface area contributed by atoms with Gasteiger partial charge >= 0.3 is 5.97 Å². The number of benzene rings is 2. The van der Waals surface area contributed by atoms with Gasteiger partial charge in [-0.3, -0.25) is 14.4 Å². The first-order valence-corrected chi connectivity index (χ1v) is 12.5. The zero-order chi connectivity index (χ0) is 27.5. The first-order valence-electron chi connectivity index (χ1n) is 12.5. The summed E-state index contributed by atoms with van der Waals surface area (Å²) >= 11 is 0. The molecule has 0 radical (unpaired) electrons. The molecule has 0 aromatic heterocycles. The van der Waals surface area contributed by atoms with E-state index < -0.39 is 47.9 Å². The third kappa shape index (κ3) is 9.34. The number of hydrogen-bond acceptors (Lipinski definition) is 5. The monoisotopic (exact) mass is 510 g/mol. The first-order chi connectivity index (χ1) is 17.5. The fourth-order valence-electron chi connectivity index (χ4n) is 3.73. The van der Waals surface area contributed by atoms with Gasteiger partial charge in [0.05, 0.1) is 6.04 Å². The molecule has 9 nitrogen and oxygen atoms in total. The molecule has 0 heterocycles. The van der Waals surface area contributed by atoms with Crippen molar-refractivity contribution in [1.29, 1.82) is 0 Å². The number of carbonyl (C=O) groups is 4. The van der Waals surface area contributed by atoms with E-state index >= 15 is 0 Å². The Morgan fingerprint density at radius 3 is 1.57 bits per heavy atom. The smallest absolute Gasteiger partial charge is 0.326 e. The molecule has 0 aliphatic carbocycles. The number of nitrogens with two attached hydrogens (primary N) is 1. The first kappa shape index (κ1) is 29.5. The van der Waals surface area contributed by atoms with Crippen LogP contribution in [0.3, 0.4) is 0 Å². The number of carboxylic acids is 1. The standard InChI is InChI=1S/C28H38N4O5/c1-17(2)23(29)26(34)30-21(15-19-11-7-5-8-12-19)25(33)32-24(18(3)4)27(35)31-22(28(36)37)16-20-13-9-6-10-14-20/h5-14,17-18,21-24H,15-16,29H2,1-4H3,(H,30,34)(H,31,35)(H,32,33)(H,36,37). The normalized spacial score (nSPS) is 14.4. The van der Waals surface area contributed by atoms with E-state index in [2.05, 4.69) is 16.0 Å². The maximum Gasteiger partial charge on any atom is 0.326 e. The maximum absolute atomic E-state index is 13.3. The van der Waals surface area contributed by atoms with Gasteiger partial charge in [0.15, 0.2) is 0 Å². The Hall–Kier alpha value is -3.72. The lowest BCUT2D eigenvalue weighted by molar-refractivity contribution is -0.142. The summed E-state index contributed by atoms with van der Waals surface area (Å²) in [6.07, 6.45) is 0.294. The van der Waals surface area contributed by atoms with Crippen molar-refractivity contribution in [3.8, 4) is 0 Å². The van der Waals surface area contributed by atoms with Gasteiger partial charge in [0.25, 0.3) is 0 Å². The Morgan fingerprint density at radius 1 is 0.676 bits per heavy atom. The van der Waals surface area contributed by atoms with Gasteiger partial charge in [-0.15, -0.1) is 0 Å². The molecule has 0 aliphatic heterocycles. The lowest BCUT2D eigenvalue weighted by Crippen LogP contribution is -2.59. The summed E-state index contributed by atoms with van der Waals surface area (Å²) in [5.74, 6) is -3.30. The highest BCUT2D eigenvalue weighted by Gasteiger charge is 2.32. The van der Waals surface area contributed by atoms with Crippen LogP contribution in [-0.2, 0) is 32.0 Å². The average molecular weight is 511 g/mol. The molecule has 2 rings (SSSR count). The zero-order valence-electron chi connectivity index (χ0n) is 21.8. The quantitative estimate of drug-likeness (QED) is 0.276. The lowest BCUT2D eigenvalue weighted by Gasteiger charge is -2.27. The summed E-state index contributed by atoms with van der Waals surface area (Å²) in [6, 6.07) is 14.2. The van der Waals surface area contributed by atoms with E-state index in [1.54, 1.807) is 38.1 Å². The fraction of sp³-hybridized carbons (Fsp3) is 0.429. The van der Waals surface area contributed by atoms with Crippen LogP contribution >= 0.6 is 0 Å². The molecule has 6 N–H and O–H groups in total. The second-order valence-electron chi connectivity index (χ2n) is 9.84.